The number of sulfonamides is 1. The molecule has 0 bridgehead atoms. The van der Waals surface area contributed by atoms with Gasteiger partial charge >= 0.3 is 0 Å². The molecule has 254 valence electrons. The SMILES string of the molecule is COc1ccc(S(=O)(=O)N(CC(=O)N(Cc2ccc(F)cc2)C(Cc2ccccc2)C(=O)NC(C)(C)C)c2ccc(Cl)cc2)cc1OC. The van der Waals surface area contributed by atoms with Crippen molar-refractivity contribution in [3.05, 3.63) is 119 Å². The number of hydrogen-bond acceptors (Lipinski definition) is 6. The van der Waals surface area contributed by atoms with Crippen molar-refractivity contribution < 1.29 is 31.9 Å². The quantitative estimate of drug-likeness (QED) is 0.177. The van der Waals surface area contributed by atoms with Crippen LogP contribution >= 0.6 is 11.6 Å². The molecule has 0 spiro atoms. The number of methoxy groups -OCH3 is 2. The van der Waals surface area contributed by atoms with Crippen LogP contribution in [0.1, 0.15) is 31.9 Å². The predicted molar refractivity (Wildman–Crippen MR) is 184 cm³/mol. The number of nitrogens with one attached hydrogen (secondary N) is 1. The van der Waals surface area contributed by atoms with Crippen LogP contribution in [-0.4, -0.2) is 57.5 Å². The number of ether oxygens (including phenoxy) is 2. The summed E-state index contributed by atoms with van der Waals surface area (Å²) in [7, 11) is -1.59. The summed E-state index contributed by atoms with van der Waals surface area (Å²) in [5.74, 6) is -1.05. The molecule has 0 radical (unpaired) electrons. The standard InChI is InChI=1S/C36H39ClFN3O6S/c1-36(2,3)39-35(43)31(21-25-9-7-6-8-10-25)40(23-26-11-15-28(38)16-12-26)34(42)24-41(29-17-13-27(37)14-18-29)48(44,45)30-19-20-32(46-4)33(22-30)47-5/h6-20,22,31H,21,23-24H2,1-5H3,(H,39,43). The van der Waals surface area contributed by atoms with Crippen molar-refractivity contribution in [3.63, 3.8) is 0 Å². The van der Waals surface area contributed by atoms with Crippen molar-refractivity contribution in [2.45, 2.75) is 50.2 Å². The van der Waals surface area contributed by atoms with Gasteiger partial charge in [-0.2, -0.15) is 0 Å². The van der Waals surface area contributed by atoms with E-state index in [0.717, 1.165) is 9.87 Å². The molecule has 0 aliphatic carbocycles. The van der Waals surface area contributed by atoms with E-state index in [1.54, 1.807) is 0 Å². The fraction of sp³-hybridized carbons (Fsp3) is 0.278. The first-order valence-corrected chi connectivity index (χ1v) is 16.9. The van der Waals surface area contributed by atoms with Gasteiger partial charge in [0.15, 0.2) is 11.5 Å². The molecule has 4 rings (SSSR count). The molecule has 9 nitrogen and oxygen atoms in total. The lowest BCUT2D eigenvalue weighted by Crippen LogP contribution is -2.56. The van der Waals surface area contributed by atoms with Gasteiger partial charge in [0.05, 0.1) is 24.8 Å². The maximum atomic E-state index is 14.6. The fourth-order valence-electron chi connectivity index (χ4n) is 5.03. The van der Waals surface area contributed by atoms with Crippen molar-refractivity contribution in [3.8, 4) is 11.5 Å². The Kier molecular flexibility index (Phi) is 11.7. The number of carbonyl (C=O) groups excluding carboxylic acids is 2. The molecule has 1 unspecified atom stereocenters. The highest BCUT2D eigenvalue weighted by molar-refractivity contribution is 7.92. The van der Waals surface area contributed by atoms with E-state index in [9.17, 15) is 22.4 Å². The van der Waals surface area contributed by atoms with E-state index < -0.39 is 45.8 Å². The monoisotopic (exact) mass is 695 g/mol. The zero-order chi connectivity index (χ0) is 35.1. The molecule has 0 saturated carbocycles. The van der Waals surface area contributed by atoms with Crippen LogP contribution in [0.3, 0.4) is 0 Å². The van der Waals surface area contributed by atoms with Gasteiger partial charge < -0.3 is 19.7 Å². The zero-order valence-corrected chi connectivity index (χ0v) is 29.0. The minimum absolute atomic E-state index is 0.0982. The van der Waals surface area contributed by atoms with Gasteiger partial charge in [0.1, 0.15) is 18.4 Å². The second-order valence-electron chi connectivity index (χ2n) is 12.1. The molecule has 0 fully saturated rings. The van der Waals surface area contributed by atoms with E-state index in [2.05, 4.69) is 5.32 Å². The van der Waals surface area contributed by atoms with E-state index in [1.807, 2.05) is 51.1 Å². The summed E-state index contributed by atoms with van der Waals surface area (Å²) in [5, 5.41) is 3.34. The number of rotatable bonds is 13. The number of benzene rings is 4. The molecule has 2 amide bonds. The Balaban J connectivity index is 1.83. The molecular formula is C36H39ClFN3O6S. The second-order valence-corrected chi connectivity index (χ2v) is 14.4. The summed E-state index contributed by atoms with van der Waals surface area (Å²) >= 11 is 6.14. The number of amides is 2. The van der Waals surface area contributed by atoms with Gasteiger partial charge in [-0.3, -0.25) is 13.9 Å². The maximum Gasteiger partial charge on any atom is 0.264 e. The molecule has 0 aromatic heterocycles. The smallest absolute Gasteiger partial charge is 0.264 e. The van der Waals surface area contributed by atoms with Crippen LogP contribution in [0.4, 0.5) is 10.1 Å². The highest BCUT2D eigenvalue weighted by Gasteiger charge is 2.36. The topological polar surface area (TPSA) is 105 Å². The van der Waals surface area contributed by atoms with Crippen LogP contribution in [0.25, 0.3) is 0 Å². The highest BCUT2D eigenvalue weighted by atomic mass is 35.5. The molecule has 1 atom stereocenters. The lowest BCUT2D eigenvalue weighted by atomic mass is 10.0. The average molecular weight is 696 g/mol. The van der Waals surface area contributed by atoms with E-state index >= 15 is 0 Å². The molecule has 0 saturated heterocycles. The third kappa shape index (κ3) is 9.26. The first kappa shape index (κ1) is 36.2. The Bertz CT molecular complexity index is 1820. The van der Waals surface area contributed by atoms with Gasteiger partial charge in [-0.15, -0.1) is 0 Å². The Morgan fingerprint density at radius 3 is 2.06 bits per heavy atom. The molecule has 0 heterocycles. The first-order valence-electron chi connectivity index (χ1n) is 15.1. The van der Waals surface area contributed by atoms with Crippen molar-refractivity contribution in [1.82, 2.24) is 10.2 Å². The summed E-state index contributed by atoms with van der Waals surface area (Å²) in [6.07, 6.45) is 0.138. The summed E-state index contributed by atoms with van der Waals surface area (Å²) in [6, 6.07) is 23.9. The van der Waals surface area contributed by atoms with Gasteiger partial charge in [-0.05, 0) is 80.4 Å². The fourth-order valence-corrected chi connectivity index (χ4v) is 6.59. The summed E-state index contributed by atoms with van der Waals surface area (Å²) in [6.45, 7) is 4.71. The summed E-state index contributed by atoms with van der Waals surface area (Å²) in [4.78, 5) is 29.7. The van der Waals surface area contributed by atoms with Gasteiger partial charge in [-0.1, -0.05) is 54.1 Å². The van der Waals surface area contributed by atoms with Crippen LogP contribution in [0.5, 0.6) is 11.5 Å². The lowest BCUT2D eigenvalue weighted by molar-refractivity contribution is -0.140. The van der Waals surface area contributed by atoms with Crippen LogP contribution in [0.2, 0.25) is 5.02 Å². The largest absolute Gasteiger partial charge is 0.493 e. The Labute approximate surface area is 286 Å². The van der Waals surface area contributed by atoms with Crippen molar-refractivity contribution in [2.24, 2.45) is 0 Å². The summed E-state index contributed by atoms with van der Waals surface area (Å²) < 4.78 is 54.1. The number of carbonyl (C=O) groups is 2. The maximum absolute atomic E-state index is 14.6. The Morgan fingerprint density at radius 2 is 1.48 bits per heavy atom. The zero-order valence-electron chi connectivity index (χ0n) is 27.4. The number of halogens is 2. The van der Waals surface area contributed by atoms with Gasteiger partial charge in [-0.25, -0.2) is 12.8 Å². The molecule has 4 aromatic rings. The number of hydrogen-bond donors (Lipinski definition) is 1. The van der Waals surface area contributed by atoms with Crippen molar-refractivity contribution in [2.75, 3.05) is 25.1 Å². The molecule has 1 N–H and O–H groups in total. The first-order chi connectivity index (χ1) is 22.7. The van der Waals surface area contributed by atoms with Crippen LogP contribution < -0.4 is 19.1 Å². The van der Waals surface area contributed by atoms with Crippen LogP contribution in [0.15, 0.2) is 102 Å². The minimum atomic E-state index is -4.41. The highest BCUT2D eigenvalue weighted by Crippen LogP contribution is 2.33. The van der Waals surface area contributed by atoms with Gasteiger partial charge in [0.25, 0.3) is 10.0 Å². The van der Waals surface area contributed by atoms with E-state index in [-0.39, 0.29) is 29.3 Å². The number of anilines is 1. The Morgan fingerprint density at radius 1 is 0.854 bits per heavy atom. The molecule has 4 aromatic carbocycles. The summed E-state index contributed by atoms with van der Waals surface area (Å²) in [5.41, 5.74) is 0.870. The predicted octanol–water partition coefficient (Wildman–Crippen LogP) is 6.25. The molecule has 0 aliphatic rings. The second kappa shape index (κ2) is 15.5. The molecule has 0 aliphatic heterocycles. The van der Waals surface area contributed by atoms with Gasteiger partial charge in [0, 0.05) is 29.6 Å². The van der Waals surface area contributed by atoms with Crippen molar-refractivity contribution in [1.29, 1.82) is 0 Å². The van der Waals surface area contributed by atoms with E-state index in [4.69, 9.17) is 21.1 Å². The molecule has 12 heteroatoms. The minimum Gasteiger partial charge on any atom is -0.493 e. The van der Waals surface area contributed by atoms with Crippen LogP contribution in [0, 0.1) is 5.82 Å². The van der Waals surface area contributed by atoms with Gasteiger partial charge in [0.2, 0.25) is 11.8 Å². The van der Waals surface area contributed by atoms with Crippen molar-refractivity contribution >= 4 is 39.1 Å². The molecular weight excluding hydrogens is 657 g/mol. The van der Waals surface area contributed by atoms with Crippen LogP contribution in [-0.2, 0) is 32.6 Å². The third-order valence-electron chi connectivity index (χ3n) is 7.37. The number of nitrogens with zero attached hydrogens (tertiary/aromatic N) is 2. The lowest BCUT2D eigenvalue weighted by Gasteiger charge is -2.35. The van der Waals surface area contributed by atoms with E-state index in [1.165, 1.54) is 85.8 Å². The Hall–Kier alpha value is -4.61. The average Bonchev–Trinajstić information content (AvgIpc) is 3.05. The third-order valence-corrected chi connectivity index (χ3v) is 9.39. The normalized spacial score (nSPS) is 12.1. The molecule has 48 heavy (non-hydrogen) atoms. The van der Waals surface area contributed by atoms with E-state index in [0.29, 0.717) is 16.3 Å².